The molecular weight excluding hydrogens is 375 g/mol. The number of piperidine rings is 1. The van der Waals surface area contributed by atoms with E-state index in [9.17, 15) is 9.18 Å². The van der Waals surface area contributed by atoms with Gasteiger partial charge in [0.1, 0.15) is 5.82 Å². The molecule has 0 bridgehead atoms. The van der Waals surface area contributed by atoms with Crippen molar-refractivity contribution in [1.29, 1.82) is 0 Å². The first-order valence-corrected chi connectivity index (χ1v) is 10.6. The van der Waals surface area contributed by atoms with Crippen molar-refractivity contribution in [2.75, 3.05) is 25.0 Å². The van der Waals surface area contributed by atoms with Crippen LogP contribution >= 0.6 is 0 Å². The predicted molar refractivity (Wildman–Crippen MR) is 119 cm³/mol. The van der Waals surface area contributed by atoms with Crippen LogP contribution < -0.4 is 5.32 Å². The van der Waals surface area contributed by atoms with Crippen LogP contribution in [0.5, 0.6) is 0 Å². The van der Waals surface area contributed by atoms with E-state index in [2.05, 4.69) is 34.5 Å². The maximum atomic E-state index is 13.1. The van der Waals surface area contributed by atoms with Crippen LogP contribution in [0.1, 0.15) is 35.4 Å². The van der Waals surface area contributed by atoms with Crippen molar-refractivity contribution in [3.63, 3.8) is 0 Å². The number of amides is 1. The summed E-state index contributed by atoms with van der Waals surface area (Å²) in [5.41, 5.74) is 4.57. The standard InChI is InChI=1S/C26H27FN2O/c27-24-12-8-21(9-13-24)18-20-6-10-22(11-7-20)23-14-16-29(17-15-23)19-26(30)28-25-4-2-1-3-5-25/h1-13,23H,14-19H2,(H,28,30). The lowest BCUT2D eigenvalue weighted by Gasteiger charge is -2.31. The van der Waals surface area contributed by atoms with Crippen LogP contribution in [0.15, 0.2) is 78.9 Å². The Morgan fingerprint density at radius 2 is 1.47 bits per heavy atom. The molecule has 1 saturated heterocycles. The monoisotopic (exact) mass is 402 g/mol. The van der Waals surface area contributed by atoms with Gasteiger partial charge in [0.25, 0.3) is 0 Å². The molecule has 1 amide bonds. The number of rotatable bonds is 6. The summed E-state index contributed by atoms with van der Waals surface area (Å²) in [4.78, 5) is 14.5. The highest BCUT2D eigenvalue weighted by Gasteiger charge is 2.22. The zero-order valence-corrected chi connectivity index (χ0v) is 17.1. The fourth-order valence-corrected chi connectivity index (χ4v) is 4.10. The van der Waals surface area contributed by atoms with Crippen molar-refractivity contribution < 1.29 is 9.18 Å². The van der Waals surface area contributed by atoms with E-state index in [-0.39, 0.29) is 11.7 Å². The van der Waals surface area contributed by atoms with Gasteiger partial charge < -0.3 is 5.32 Å². The molecular formula is C26H27FN2O. The highest BCUT2D eigenvalue weighted by atomic mass is 19.1. The Morgan fingerprint density at radius 3 is 2.10 bits per heavy atom. The first-order chi connectivity index (χ1) is 14.7. The Labute approximate surface area is 177 Å². The van der Waals surface area contributed by atoms with Crippen LogP contribution in [0.25, 0.3) is 0 Å². The summed E-state index contributed by atoms with van der Waals surface area (Å²) in [6.07, 6.45) is 2.95. The summed E-state index contributed by atoms with van der Waals surface area (Å²) < 4.78 is 13.1. The van der Waals surface area contributed by atoms with Crippen molar-refractivity contribution in [1.82, 2.24) is 4.90 Å². The molecule has 1 aliphatic rings. The lowest BCUT2D eigenvalue weighted by Crippen LogP contribution is -2.38. The SMILES string of the molecule is O=C(CN1CCC(c2ccc(Cc3ccc(F)cc3)cc2)CC1)Nc1ccccc1. The third kappa shape index (κ3) is 5.55. The third-order valence-electron chi connectivity index (χ3n) is 5.78. The number of nitrogens with zero attached hydrogens (tertiary/aromatic N) is 1. The number of anilines is 1. The average Bonchev–Trinajstić information content (AvgIpc) is 2.77. The fourth-order valence-electron chi connectivity index (χ4n) is 4.10. The molecule has 0 spiro atoms. The molecule has 1 aliphatic heterocycles. The Morgan fingerprint density at radius 1 is 0.867 bits per heavy atom. The van der Waals surface area contributed by atoms with Crippen molar-refractivity contribution in [2.24, 2.45) is 0 Å². The van der Waals surface area contributed by atoms with Crippen molar-refractivity contribution in [3.05, 3.63) is 101 Å². The smallest absolute Gasteiger partial charge is 0.238 e. The van der Waals surface area contributed by atoms with Crippen LogP contribution in [0.4, 0.5) is 10.1 Å². The molecule has 4 heteroatoms. The number of likely N-dealkylation sites (tertiary alicyclic amines) is 1. The molecule has 1 fully saturated rings. The topological polar surface area (TPSA) is 32.3 Å². The van der Waals surface area contributed by atoms with Gasteiger partial charge in [0.15, 0.2) is 0 Å². The second-order valence-electron chi connectivity index (χ2n) is 8.01. The summed E-state index contributed by atoms with van der Waals surface area (Å²) in [7, 11) is 0. The number of hydrogen-bond donors (Lipinski definition) is 1. The first kappa shape index (κ1) is 20.3. The van der Waals surface area contributed by atoms with Crippen LogP contribution in [0, 0.1) is 5.82 Å². The minimum atomic E-state index is -0.196. The highest BCUT2D eigenvalue weighted by Crippen LogP contribution is 2.28. The largest absolute Gasteiger partial charge is 0.325 e. The first-order valence-electron chi connectivity index (χ1n) is 10.6. The molecule has 1 N–H and O–H groups in total. The third-order valence-corrected chi connectivity index (χ3v) is 5.78. The normalized spacial score (nSPS) is 15.1. The average molecular weight is 403 g/mol. The van der Waals surface area contributed by atoms with Gasteiger partial charge in [-0.25, -0.2) is 4.39 Å². The van der Waals surface area contributed by atoms with Gasteiger partial charge in [-0.15, -0.1) is 0 Å². The fraction of sp³-hybridized carbons (Fsp3) is 0.269. The molecule has 0 unspecified atom stereocenters. The molecule has 3 aromatic carbocycles. The summed E-state index contributed by atoms with van der Waals surface area (Å²) in [5.74, 6) is 0.390. The number of benzene rings is 3. The number of hydrogen-bond acceptors (Lipinski definition) is 2. The number of halogens is 1. The van der Waals surface area contributed by atoms with E-state index >= 15 is 0 Å². The maximum absolute atomic E-state index is 13.1. The van der Waals surface area contributed by atoms with E-state index in [0.717, 1.165) is 43.6 Å². The zero-order valence-electron chi connectivity index (χ0n) is 17.1. The Kier molecular flexibility index (Phi) is 6.55. The number of carbonyl (C=O) groups is 1. The summed E-state index contributed by atoms with van der Waals surface area (Å²) in [6.45, 7) is 2.31. The molecule has 30 heavy (non-hydrogen) atoms. The maximum Gasteiger partial charge on any atom is 0.238 e. The number of nitrogens with one attached hydrogen (secondary N) is 1. The van der Waals surface area contributed by atoms with E-state index < -0.39 is 0 Å². The Hall–Kier alpha value is -2.98. The minimum absolute atomic E-state index is 0.0461. The molecule has 1 heterocycles. The molecule has 0 aromatic heterocycles. The lowest BCUT2D eigenvalue weighted by molar-refractivity contribution is -0.117. The molecule has 0 saturated carbocycles. The van der Waals surface area contributed by atoms with Crippen LogP contribution in [-0.4, -0.2) is 30.4 Å². The lowest BCUT2D eigenvalue weighted by atomic mass is 9.88. The Balaban J connectivity index is 1.25. The molecule has 3 aromatic rings. The summed E-state index contributed by atoms with van der Waals surface area (Å²) in [6, 6.07) is 25.1. The molecule has 0 radical (unpaired) electrons. The summed E-state index contributed by atoms with van der Waals surface area (Å²) in [5, 5.41) is 2.96. The van der Waals surface area contributed by atoms with Crippen LogP contribution in [-0.2, 0) is 11.2 Å². The van der Waals surface area contributed by atoms with E-state index in [1.54, 1.807) is 0 Å². The minimum Gasteiger partial charge on any atom is -0.325 e. The quantitative estimate of drug-likeness (QED) is 0.612. The second kappa shape index (κ2) is 9.68. The molecule has 3 nitrogen and oxygen atoms in total. The van der Waals surface area contributed by atoms with Gasteiger partial charge in [-0.3, -0.25) is 9.69 Å². The highest BCUT2D eigenvalue weighted by molar-refractivity contribution is 5.92. The number of para-hydroxylation sites is 1. The molecule has 154 valence electrons. The Bertz CT molecular complexity index is 947. The van der Waals surface area contributed by atoms with Gasteiger partial charge in [-0.05, 0) is 79.2 Å². The molecule has 0 aliphatic carbocycles. The van der Waals surface area contributed by atoms with Gasteiger partial charge in [0.05, 0.1) is 6.54 Å². The predicted octanol–water partition coefficient (Wildman–Crippen LogP) is 5.23. The van der Waals surface area contributed by atoms with Crippen molar-refractivity contribution in [3.8, 4) is 0 Å². The van der Waals surface area contributed by atoms with E-state index in [1.165, 1.54) is 23.3 Å². The zero-order chi connectivity index (χ0) is 20.8. The van der Waals surface area contributed by atoms with Gasteiger partial charge >= 0.3 is 0 Å². The summed E-state index contributed by atoms with van der Waals surface area (Å²) >= 11 is 0. The van der Waals surface area contributed by atoms with Crippen LogP contribution in [0.3, 0.4) is 0 Å². The van der Waals surface area contributed by atoms with Crippen molar-refractivity contribution >= 4 is 11.6 Å². The molecule has 4 rings (SSSR count). The van der Waals surface area contributed by atoms with Gasteiger partial charge in [0, 0.05) is 5.69 Å². The van der Waals surface area contributed by atoms with E-state index in [0.29, 0.717) is 12.5 Å². The van der Waals surface area contributed by atoms with Gasteiger partial charge in [-0.1, -0.05) is 54.6 Å². The number of carbonyl (C=O) groups excluding carboxylic acids is 1. The van der Waals surface area contributed by atoms with E-state index in [4.69, 9.17) is 0 Å². The van der Waals surface area contributed by atoms with Crippen LogP contribution in [0.2, 0.25) is 0 Å². The van der Waals surface area contributed by atoms with Crippen molar-refractivity contribution in [2.45, 2.75) is 25.2 Å². The van der Waals surface area contributed by atoms with E-state index in [1.807, 2.05) is 42.5 Å². The van der Waals surface area contributed by atoms with Gasteiger partial charge in [0.2, 0.25) is 5.91 Å². The second-order valence-corrected chi connectivity index (χ2v) is 8.01. The molecule has 0 atom stereocenters. The van der Waals surface area contributed by atoms with Gasteiger partial charge in [-0.2, -0.15) is 0 Å².